The highest BCUT2D eigenvalue weighted by molar-refractivity contribution is 7.92. The van der Waals surface area contributed by atoms with Gasteiger partial charge in [-0.3, -0.25) is 9.10 Å². The Morgan fingerprint density at radius 1 is 1.03 bits per heavy atom. The summed E-state index contributed by atoms with van der Waals surface area (Å²) in [6.07, 6.45) is -1.11. The Morgan fingerprint density at radius 2 is 1.74 bits per heavy atom. The van der Waals surface area contributed by atoms with Crippen LogP contribution in [-0.4, -0.2) is 27.0 Å². The minimum atomic E-state index is -3.94. The van der Waals surface area contributed by atoms with Gasteiger partial charge in [0.2, 0.25) is 0 Å². The molecule has 1 N–H and O–H groups in total. The highest BCUT2D eigenvalue weighted by Crippen LogP contribution is 2.38. The zero-order valence-corrected chi connectivity index (χ0v) is 17.8. The second kappa shape index (κ2) is 8.03. The van der Waals surface area contributed by atoms with Crippen LogP contribution in [0.1, 0.15) is 11.1 Å². The van der Waals surface area contributed by atoms with Crippen LogP contribution >= 0.6 is 0 Å². The van der Waals surface area contributed by atoms with Crippen molar-refractivity contribution in [1.29, 1.82) is 0 Å². The number of ether oxygens (including phenoxy) is 1. The van der Waals surface area contributed by atoms with Crippen molar-refractivity contribution in [3.05, 3.63) is 83.7 Å². The lowest BCUT2D eigenvalue weighted by Gasteiger charge is -2.35. The first kappa shape index (κ1) is 20.9. The molecule has 6 nitrogen and oxygen atoms in total. The molecule has 1 aliphatic heterocycles. The maximum atomic E-state index is 13.5. The van der Waals surface area contributed by atoms with Crippen LogP contribution in [0.2, 0.25) is 0 Å². The van der Waals surface area contributed by atoms with Gasteiger partial charge in [0.1, 0.15) is 11.6 Å². The molecule has 3 aromatic rings. The van der Waals surface area contributed by atoms with Crippen molar-refractivity contribution in [2.24, 2.45) is 0 Å². The third-order valence-electron chi connectivity index (χ3n) is 4.98. The number of carbonyl (C=O) groups excluding carboxylic acids is 1. The van der Waals surface area contributed by atoms with Gasteiger partial charge in [-0.25, -0.2) is 12.8 Å². The van der Waals surface area contributed by atoms with E-state index in [-0.39, 0.29) is 22.9 Å². The Balaban J connectivity index is 1.70. The summed E-state index contributed by atoms with van der Waals surface area (Å²) in [5.74, 6) is -0.778. The number of nitrogens with one attached hydrogen (secondary N) is 1. The predicted molar refractivity (Wildman–Crippen MR) is 116 cm³/mol. The second-order valence-corrected chi connectivity index (χ2v) is 9.29. The number of fused-ring (bicyclic) bond motifs is 1. The molecular formula is C23H21FN2O4S. The van der Waals surface area contributed by atoms with Gasteiger partial charge in [-0.15, -0.1) is 0 Å². The molecule has 0 saturated carbocycles. The summed E-state index contributed by atoms with van der Waals surface area (Å²) in [6, 6.07) is 17.1. The SMILES string of the molecule is Cc1ccc(S(=O)(=O)N2C[C@H](C(=O)Nc3cccc(F)c3)Oc3ccc(C)cc32)cc1. The lowest BCUT2D eigenvalue weighted by Crippen LogP contribution is -2.48. The summed E-state index contributed by atoms with van der Waals surface area (Å²) in [6.45, 7) is 3.50. The Labute approximate surface area is 180 Å². The van der Waals surface area contributed by atoms with Crippen LogP contribution in [0.5, 0.6) is 5.75 Å². The zero-order chi connectivity index (χ0) is 22.2. The van der Waals surface area contributed by atoms with Crippen molar-refractivity contribution in [3.63, 3.8) is 0 Å². The standard InChI is InChI=1S/C23H21FN2O4S/c1-15-6-9-19(10-7-15)31(28,29)26-14-22(30-21-11-8-16(2)12-20(21)26)23(27)25-18-5-3-4-17(24)13-18/h3-13,22H,14H2,1-2H3,(H,25,27)/t22-/m1/s1. The minimum absolute atomic E-state index is 0.122. The lowest BCUT2D eigenvalue weighted by atomic mass is 10.1. The van der Waals surface area contributed by atoms with Crippen molar-refractivity contribution in [2.75, 3.05) is 16.2 Å². The van der Waals surface area contributed by atoms with E-state index in [1.807, 2.05) is 13.8 Å². The van der Waals surface area contributed by atoms with Crippen LogP contribution in [0.4, 0.5) is 15.8 Å². The largest absolute Gasteiger partial charge is 0.476 e. The molecule has 0 saturated heterocycles. The van der Waals surface area contributed by atoms with Crippen LogP contribution < -0.4 is 14.4 Å². The summed E-state index contributed by atoms with van der Waals surface area (Å²) in [5, 5.41) is 2.59. The number of amides is 1. The van der Waals surface area contributed by atoms with E-state index in [1.165, 1.54) is 34.6 Å². The smallest absolute Gasteiger partial charge is 0.267 e. The molecule has 0 unspecified atom stereocenters. The third kappa shape index (κ3) is 4.25. The quantitative estimate of drug-likeness (QED) is 0.665. The van der Waals surface area contributed by atoms with Crippen LogP contribution in [-0.2, 0) is 14.8 Å². The van der Waals surface area contributed by atoms with E-state index in [1.54, 1.807) is 36.4 Å². The van der Waals surface area contributed by atoms with Gasteiger partial charge in [-0.1, -0.05) is 29.8 Å². The summed E-state index contributed by atoms with van der Waals surface area (Å²) >= 11 is 0. The molecule has 1 heterocycles. The minimum Gasteiger partial charge on any atom is -0.476 e. The van der Waals surface area contributed by atoms with E-state index in [0.717, 1.165) is 11.1 Å². The zero-order valence-electron chi connectivity index (χ0n) is 17.0. The van der Waals surface area contributed by atoms with Crippen molar-refractivity contribution >= 4 is 27.3 Å². The summed E-state index contributed by atoms with van der Waals surface area (Å²) in [5.41, 5.74) is 2.42. The number of hydrogen-bond donors (Lipinski definition) is 1. The molecule has 31 heavy (non-hydrogen) atoms. The Hall–Kier alpha value is -3.39. The molecule has 3 aromatic carbocycles. The van der Waals surface area contributed by atoms with Crippen LogP contribution in [0.25, 0.3) is 0 Å². The van der Waals surface area contributed by atoms with Crippen molar-refractivity contribution < 1.29 is 22.3 Å². The van der Waals surface area contributed by atoms with Crippen molar-refractivity contribution in [1.82, 2.24) is 0 Å². The van der Waals surface area contributed by atoms with Gasteiger partial charge < -0.3 is 10.1 Å². The summed E-state index contributed by atoms with van der Waals surface area (Å²) < 4.78 is 47.3. The number of carbonyl (C=O) groups is 1. The molecule has 0 bridgehead atoms. The lowest BCUT2D eigenvalue weighted by molar-refractivity contribution is -0.122. The highest BCUT2D eigenvalue weighted by atomic mass is 32.2. The van der Waals surface area contributed by atoms with Crippen LogP contribution in [0, 0.1) is 19.7 Å². The maximum Gasteiger partial charge on any atom is 0.267 e. The van der Waals surface area contributed by atoms with Crippen LogP contribution in [0.15, 0.2) is 71.6 Å². The predicted octanol–water partition coefficient (Wildman–Crippen LogP) is 4.04. The highest BCUT2D eigenvalue weighted by Gasteiger charge is 2.37. The fourth-order valence-corrected chi connectivity index (χ4v) is 4.82. The van der Waals surface area contributed by atoms with Crippen molar-refractivity contribution in [3.8, 4) is 5.75 Å². The van der Waals surface area contributed by atoms with E-state index in [9.17, 15) is 17.6 Å². The number of benzene rings is 3. The van der Waals surface area contributed by atoms with E-state index in [4.69, 9.17) is 4.74 Å². The second-order valence-electron chi connectivity index (χ2n) is 7.43. The molecule has 1 amide bonds. The molecular weight excluding hydrogens is 419 g/mol. The fraction of sp³-hybridized carbons (Fsp3) is 0.174. The molecule has 0 aromatic heterocycles. The van der Waals surface area contributed by atoms with E-state index >= 15 is 0 Å². The van der Waals surface area contributed by atoms with Gasteiger partial charge in [0.15, 0.2) is 6.10 Å². The average molecular weight is 440 g/mol. The monoisotopic (exact) mass is 440 g/mol. The molecule has 0 radical (unpaired) electrons. The summed E-state index contributed by atoms with van der Waals surface area (Å²) in [4.78, 5) is 13.0. The number of rotatable bonds is 4. The van der Waals surface area contributed by atoms with E-state index < -0.39 is 27.9 Å². The number of halogens is 1. The third-order valence-corrected chi connectivity index (χ3v) is 6.77. The number of aryl methyl sites for hydroxylation is 2. The molecule has 0 spiro atoms. The molecule has 0 fully saturated rings. The van der Waals surface area contributed by atoms with E-state index in [2.05, 4.69) is 5.32 Å². The Kier molecular flexibility index (Phi) is 5.41. The molecule has 0 aliphatic carbocycles. The number of sulfonamides is 1. The van der Waals surface area contributed by atoms with Gasteiger partial charge >= 0.3 is 0 Å². The fourth-order valence-electron chi connectivity index (χ4n) is 3.35. The molecule has 1 atom stereocenters. The van der Waals surface area contributed by atoms with Gasteiger partial charge in [0.05, 0.1) is 17.1 Å². The van der Waals surface area contributed by atoms with Gasteiger partial charge in [0.25, 0.3) is 15.9 Å². The topological polar surface area (TPSA) is 75.7 Å². The van der Waals surface area contributed by atoms with Gasteiger partial charge in [0, 0.05) is 5.69 Å². The first-order valence-electron chi connectivity index (χ1n) is 9.67. The average Bonchev–Trinajstić information content (AvgIpc) is 2.73. The number of hydrogen-bond acceptors (Lipinski definition) is 4. The molecule has 4 rings (SSSR count). The molecule has 1 aliphatic rings. The van der Waals surface area contributed by atoms with Gasteiger partial charge in [-0.2, -0.15) is 0 Å². The number of anilines is 2. The molecule has 8 heteroatoms. The number of nitrogens with zero attached hydrogens (tertiary/aromatic N) is 1. The van der Waals surface area contributed by atoms with E-state index in [0.29, 0.717) is 5.69 Å². The maximum absolute atomic E-state index is 13.5. The normalized spacial score (nSPS) is 15.7. The summed E-state index contributed by atoms with van der Waals surface area (Å²) in [7, 11) is -3.94. The Bertz CT molecular complexity index is 1240. The first-order valence-corrected chi connectivity index (χ1v) is 11.1. The van der Waals surface area contributed by atoms with Gasteiger partial charge in [-0.05, 0) is 61.9 Å². The Morgan fingerprint density at radius 3 is 2.45 bits per heavy atom. The molecule has 160 valence electrons. The van der Waals surface area contributed by atoms with Crippen LogP contribution in [0.3, 0.4) is 0 Å². The van der Waals surface area contributed by atoms with Crippen molar-refractivity contribution in [2.45, 2.75) is 24.8 Å². The first-order chi connectivity index (χ1) is 14.7.